The second kappa shape index (κ2) is 2.05. The van der Waals surface area contributed by atoms with Crippen LogP contribution in [0.4, 0.5) is 0 Å². The Labute approximate surface area is 64.7 Å². The second-order valence-electron chi connectivity index (χ2n) is 2.61. The van der Waals surface area contributed by atoms with E-state index in [-0.39, 0.29) is 0 Å². The summed E-state index contributed by atoms with van der Waals surface area (Å²) < 4.78 is 1.98. The molecule has 3 nitrogen and oxygen atoms in total. The summed E-state index contributed by atoms with van der Waals surface area (Å²) >= 11 is 0. The van der Waals surface area contributed by atoms with Gasteiger partial charge in [0.1, 0.15) is 11.5 Å². The highest BCUT2D eigenvalue weighted by Gasteiger charge is 1.99. The van der Waals surface area contributed by atoms with Gasteiger partial charge in [0, 0.05) is 24.2 Å². The van der Waals surface area contributed by atoms with E-state index in [2.05, 4.69) is 9.97 Å². The van der Waals surface area contributed by atoms with Gasteiger partial charge < -0.3 is 0 Å². The molecule has 2 heterocycles. The molecule has 0 unspecified atom stereocenters. The number of hydrogen-bond acceptors (Lipinski definition) is 2. The predicted molar refractivity (Wildman–Crippen MR) is 42.5 cm³/mol. The molecule has 56 valence electrons. The van der Waals surface area contributed by atoms with Crippen molar-refractivity contribution in [2.24, 2.45) is 0 Å². The Morgan fingerprint density at radius 1 is 1.27 bits per heavy atom. The minimum atomic E-state index is 0.975. The van der Waals surface area contributed by atoms with Crippen molar-refractivity contribution in [3.63, 3.8) is 0 Å². The van der Waals surface area contributed by atoms with E-state index >= 15 is 0 Å². The van der Waals surface area contributed by atoms with E-state index in [1.54, 1.807) is 6.20 Å². The van der Waals surface area contributed by atoms with Crippen molar-refractivity contribution < 1.29 is 0 Å². The molecule has 0 bridgehead atoms. The van der Waals surface area contributed by atoms with Crippen LogP contribution in [0.25, 0.3) is 5.65 Å². The maximum atomic E-state index is 4.20. The van der Waals surface area contributed by atoms with E-state index in [4.69, 9.17) is 0 Å². The van der Waals surface area contributed by atoms with Crippen LogP contribution in [-0.4, -0.2) is 14.4 Å². The summed E-state index contributed by atoms with van der Waals surface area (Å²) in [6.07, 6.45) is 5.55. The highest BCUT2D eigenvalue weighted by Crippen LogP contribution is 2.06. The average Bonchev–Trinajstić information content (AvgIpc) is 2.45. The van der Waals surface area contributed by atoms with Crippen LogP contribution in [-0.2, 0) is 0 Å². The fraction of sp³-hybridized carbons (Fsp3) is 0.250. The van der Waals surface area contributed by atoms with Gasteiger partial charge in [0.15, 0.2) is 0 Å². The highest BCUT2D eigenvalue weighted by molar-refractivity contribution is 5.45. The Morgan fingerprint density at radius 2 is 2.09 bits per heavy atom. The number of imidazole rings is 1. The molecule has 0 saturated heterocycles. The maximum Gasteiger partial charge on any atom is 0.142 e. The van der Waals surface area contributed by atoms with E-state index in [0.717, 1.165) is 17.0 Å². The largest absolute Gasteiger partial charge is 0.288 e. The molecule has 11 heavy (non-hydrogen) atoms. The van der Waals surface area contributed by atoms with Crippen LogP contribution in [0.2, 0.25) is 0 Å². The predicted octanol–water partition coefficient (Wildman–Crippen LogP) is 1.35. The summed E-state index contributed by atoms with van der Waals surface area (Å²) in [6, 6.07) is 0. The minimum Gasteiger partial charge on any atom is -0.288 e. The van der Waals surface area contributed by atoms with Gasteiger partial charge in [0.25, 0.3) is 0 Å². The van der Waals surface area contributed by atoms with Crippen molar-refractivity contribution in [3.8, 4) is 0 Å². The maximum absolute atomic E-state index is 4.20. The first-order chi connectivity index (χ1) is 5.29. The molecule has 0 amide bonds. The van der Waals surface area contributed by atoms with Crippen LogP contribution in [0.5, 0.6) is 0 Å². The summed E-state index contributed by atoms with van der Waals surface area (Å²) in [7, 11) is 0. The summed E-state index contributed by atoms with van der Waals surface area (Å²) in [5, 5.41) is 0. The van der Waals surface area contributed by atoms with Gasteiger partial charge in [-0.05, 0) is 13.8 Å². The Bertz CT molecular complexity index is 353. The van der Waals surface area contributed by atoms with E-state index in [0.29, 0.717) is 0 Å². The Balaban J connectivity index is 2.96. The average molecular weight is 147 g/mol. The normalized spacial score (nSPS) is 10.7. The van der Waals surface area contributed by atoms with Gasteiger partial charge in [0.05, 0.1) is 0 Å². The third-order valence-corrected chi connectivity index (χ3v) is 1.79. The van der Waals surface area contributed by atoms with Gasteiger partial charge in [-0.3, -0.25) is 4.40 Å². The lowest BCUT2D eigenvalue weighted by molar-refractivity contribution is 0.975. The Hall–Kier alpha value is -1.38. The van der Waals surface area contributed by atoms with Crippen LogP contribution in [0.1, 0.15) is 11.4 Å². The standard InChI is InChI=1S/C8H9N3/c1-6-5-10-7(2)11-4-3-9-8(6)11/h3-5H,1-2H3. The number of rotatable bonds is 0. The zero-order chi connectivity index (χ0) is 7.84. The van der Waals surface area contributed by atoms with Gasteiger partial charge in [-0.15, -0.1) is 0 Å². The molecule has 0 aliphatic rings. The van der Waals surface area contributed by atoms with E-state index in [9.17, 15) is 0 Å². The van der Waals surface area contributed by atoms with Crippen molar-refractivity contribution in [2.45, 2.75) is 13.8 Å². The molecule has 2 aromatic heterocycles. The highest BCUT2D eigenvalue weighted by atomic mass is 15.0. The molecule has 0 aromatic carbocycles. The lowest BCUT2D eigenvalue weighted by Crippen LogP contribution is -1.95. The summed E-state index contributed by atoms with van der Waals surface area (Å²) in [5.41, 5.74) is 2.11. The molecule has 2 aromatic rings. The first-order valence-corrected chi connectivity index (χ1v) is 3.54. The lowest BCUT2D eigenvalue weighted by Gasteiger charge is -1.99. The van der Waals surface area contributed by atoms with Gasteiger partial charge in [-0.2, -0.15) is 0 Å². The van der Waals surface area contributed by atoms with Crippen LogP contribution < -0.4 is 0 Å². The number of hydrogen-bond donors (Lipinski definition) is 0. The second-order valence-corrected chi connectivity index (χ2v) is 2.61. The molecule has 0 aliphatic carbocycles. The fourth-order valence-corrected chi connectivity index (χ4v) is 1.17. The molecule has 0 N–H and O–H groups in total. The number of aryl methyl sites for hydroxylation is 2. The monoisotopic (exact) mass is 147 g/mol. The number of nitrogens with zero attached hydrogens (tertiary/aromatic N) is 3. The quantitative estimate of drug-likeness (QED) is 0.563. The SMILES string of the molecule is Cc1cnc(C)n2ccnc12. The molecule has 0 aliphatic heterocycles. The summed E-state index contributed by atoms with van der Waals surface area (Å²) in [4.78, 5) is 8.40. The van der Waals surface area contributed by atoms with Crippen molar-refractivity contribution in [2.75, 3.05) is 0 Å². The van der Waals surface area contributed by atoms with Crippen LogP contribution >= 0.6 is 0 Å². The first-order valence-electron chi connectivity index (χ1n) is 3.54. The summed E-state index contributed by atoms with van der Waals surface area (Å²) in [5.74, 6) is 0.975. The van der Waals surface area contributed by atoms with Crippen molar-refractivity contribution in [1.29, 1.82) is 0 Å². The van der Waals surface area contributed by atoms with Crippen molar-refractivity contribution in [3.05, 3.63) is 30.0 Å². The molecule has 0 radical (unpaired) electrons. The molecular formula is C8H9N3. The molecule has 0 fully saturated rings. The smallest absolute Gasteiger partial charge is 0.142 e. The third kappa shape index (κ3) is 0.808. The summed E-state index contributed by atoms with van der Waals surface area (Å²) in [6.45, 7) is 3.98. The minimum absolute atomic E-state index is 0.975. The van der Waals surface area contributed by atoms with Crippen LogP contribution in [0.3, 0.4) is 0 Å². The molecular weight excluding hydrogens is 138 g/mol. The lowest BCUT2D eigenvalue weighted by atomic mass is 10.4. The third-order valence-electron chi connectivity index (χ3n) is 1.79. The number of aromatic nitrogens is 3. The van der Waals surface area contributed by atoms with Gasteiger partial charge in [0.2, 0.25) is 0 Å². The Kier molecular flexibility index (Phi) is 1.18. The Morgan fingerprint density at radius 3 is 2.82 bits per heavy atom. The molecule has 3 heteroatoms. The van der Waals surface area contributed by atoms with E-state index in [1.807, 2.05) is 30.6 Å². The van der Waals surface area contributed by atoms with Crippen LogP contribution in [0, 0.1) is 13.8 Å². The molecule has 0 atom stereocenters. The zero-order valence-corrected chi connectivity index (χ0v) is 6.57. The molecule has 2 rings (SSSR count). The van der Waals surface area contributed by atoms with E-state index in [1.165, 1.54) is 0 Å². The molecule has 0 spiro atoms. The van der Waals surface area contributed by atoms with Gasteiger partial charge >= 0.3 is 0 Å². The van der Waals surface area contributed by atoms with E-state index < -0.39 is 0 Å². The van der Waals surface area contributed by atoms with Gasteiger partial charge in [-0.25, -0.2) is 9.97 Å². The van der Waals surface area contributed by atoms with Gasteiger partial charge in [-0.1, -0.05) is 0 Å². The first kappa shape index (κ1) is 6.34. The molecule has 0 saturated carbocycles. The topological polar surface area (TPSA) is 30.2 Å². The number of fused-ring (bicyclic) bond motifs is 1. The van der Waals surface area contributed by atoms with Crippen LogP contribution in [0.15, 0.2) is 18.6 Å². The zero-order valence-electron chi connectivity index (χ0n) is 6.57. The van der Waals surface area contributed by atoms with Crippen molar-refractivity contribution >= 4 is 5.65 Å². The fourth-order valence-electron chi connectivity index (χ4n) is 1.17. The van der Waals surface area contributed by atoms with Crippen molar-refractivity contribution in [1.82, 2.24) is 14.4 Å².